The van der Waals surface area contributed by atoms with E-state index in [1.165, 1.54) is 23.5 Å². The average Bonchev–Trinajstić information content (AvgIpc) is 3.29. The van der Waals surface area contributed by atoms with Gasteiger partial charge < -0.3 is 10.1 Å². The first kappa shape index (κ1) is 22.7. The zero-order valence-corrected chi connectivity index (χ0v) is 19.5. The van der Waals surface area contributed by atoms with Crippen molar-refractivity contribution in [2.45, 2.75) is 18.2 Å². The molecule has 0 saturated heterocycles. The van der Waals surface area contributed by atoms with Gasteiger partial charge in [-0.25, -0.2) is 13.4 Å². The largest absolute Gasteiger partial charge is 0.457 e. The first-order valence-electron chi connectivity index (χ1n) is 10.3. The van der Waals surface area contributed by atoms with Crippen molar-refractivity contribution < 1.29 is 17.9 Å². The van der Waals surface area contributed by atoms with Crippen LogP contribution >= 0.6 is 11.3 Å². The van der Waals surface area contributed by atoms with Crippen LogP contribution in [0.1, 0.15) is 12.5 Å². The summed E-state index contributed by atoms with van der Waals surface area (Å²) in [5.74, 6) is 1.33. The molecule has 8 heteroatoms. The molecule has 0 radical (unpaired) electrons. The zero-order chi connectivity index (χ0) is 23.3. The summed E-state index contributed by atoms with van der Waals surface area (Å²) in [6, 6.07) is 23.5. The lowest BCUT2D eigenvalue weighted by Gasteiger charge is -2.06. The number of benzene rings is 3. The monoisotopic (exact) mass is 478 g/mol. The maximum absolute atomic E-state index is 12.4. The van der Waals surface area contributed by atoms with Crippen LogP contribution in [0.15, 0.2) is 89.1 Å². The van der Waals surface area contributed by atoms with Crippen LogP contribution in [0, 0.1) is 0 Å². The summed E-state index contributed by atoms with van der Waals surface area (Å²) >= 11 is 1.35. The third kappa shape index (κ3) is 5.85. The Morgan fingerprint density at radius 2 is 1.61 bits per heavy atom. The topological polar surface area (TPSA) is 85.4 Å². The molecule has 1 N–H and O–H groups in total. The third-order valence-electron chi connectivity index (χ3n) is 4.91. The highest BCUT2D eigenvalue weighted by atomic mass is 32.2. The van der Waals surface area contributed by atoms with Crippen LogP contribution in [0.2, 0.25) is 0 Å². The van der Waals surface area contributed by atoms with Gasteiger partial charge in [-0.1, -0.05) is 37.3 Å². The summed E-state index contributed by atoms with van der Waals surface area (Å²) in [6.07, 6.45) is 0.132. The molecule has 0 aliphatic carbocycles. The van der Waals surface area contributed by atoms with E-state index in [0.29, 0.717) is 5.13 Å². The summed E-state index contributed by atoms with van der Waals surface area (Å²) in [7, 11) is -3.25. The van der Waals surface area contributed by atoms with Gasteiger partial charge in [0.15, 0.2) is 15.0 Å². The summed E-state index contributed by atoms with van der Waals surface area (Å²) in [6.45, 7) is 1.60. The smallest absolute Gasteiger partial charge is 0.230 e. The second kappa shape index (κ2) is 9.97. The number of nitrogens with zero attached hydrogens (tertiary/aromatic N) is 1. The number of anilines is 1. The minimum absolute atomic E-state index is 0.0436. The van der Waals surface area contributed by atoms with Gasteiger partial charge >= 0.3 is 0 Å². The van der Waals surface area contributed by atoms with Crippen LogP contribution in [-0.4, -0.2) is 25.1 Å². The predicted octanol–water partition coefficient (Wildman–Crippen LogP) is 5.58. The molecule has 1 heterocycles. The van der Waals surface area contributed by atoms with E-state index in [1.54, 1.807) is 19.1 Å². The van der Waals surface area contributed by atoms with E-state index < -0.39 is 9.84 Å². The quantitative estimate of drug-likeness (QED) is 0.357. The van der Waals surface area contributed by atoms with E-state index in [1.807, 2.05) is 60.0 Å². The van der Waals surface area contributed by atoms with Crippen LogP contribution < -0.4 is 10.1 Å². The van der Waals surface area contributed by atoms with Gasteiger partial charge in [-0.2, -0.15) is 0 Å². The fourth-order valence-electron chi connectivity index (χ4n) is 3.11. The normalized spacial score (nSPS) is 11.2. The maximum Gasteiger partial charge on any atom is 0.230 e. The van der Waals surface area contributed by atoms with Crippen molar-refractivity contribution in [3.05, 3.63) is 89.8 Å². The van der Waals surface area contributed by atoms with E-state index in [2.05, 4.69) is 10.3 Å². The highest BCUT2D eigenvalue weighted by molar-refractivity contribution is 7.91. The molecule has 4 aromatic rings. The molecule has 0 aliphatic rings. The number of para-hydroxylation sites is 1. The molecule has 4 rings (SSSR count). The van der Waals surface area contributed by atoms with Gasteiger partial charge in [0.2, 0.25) is 5.91 Å². The summed E-state index contributed by atoms with van der Waals surface area (Å²) < 4.78 is 29.6. The summed E-state index contributed by atoms with van der Waals surface area (Å²) in [4.78, 5) is 17.2. The van der Waals surface area contributed by atoms with E-state index in [-0.39, 0.29) is 23.0 Å². The molecule has 0 fully saturated rings. The Morgan fingerprint density at radius 3 is 2.27 bits per heavy atom. The number of rotatable bonds is 8. The molecule has 168 valence electrons. The van der Waals surface area contributed by atoms with Crippen LogP contribution in [0.5, 0.6) is 11.5 Å². The Kier molecular flexibility index (Phi) is 6.86. The van der Waals surface area contributed by atoms with Crippen LogP contribution in [0.25, 0.3) is 11.3 Å². The lowest BCUT2D eigenvalue weighted by molar-refractivity contribution is -0.115. The summed E-state index contributed by atoms with van der Waals surface area (Å²) in [5, 5.41) is 5.19. The molecule has 3 aromatic carbocycles. The van der Waals surface area contributed by atoms with E-state index in [0.717, 1.165) is 28.3 Å². The van der Waals surface area contributed by atoms with Gasteiger partial charge in [-0.05, 0) is 54.1 Å². The fourth-order valence-corrected chi connectivity index (χ4v) is 4.73. The number of nitrogens with one attached hydrogen (secondary N) is 1. The Labute approximate surface area is 196 Å². The second-order valence-corrected chi connectivity index (χ2v) is 10.4. The standard InChI is InChI=1S/C25H22N2O4S2/c1-2-33(29,30)22-14-8-18(9-15-22)16-24(28)27-25-26-23(17-32-25)19-10-12-21(13-11-19)31-20-6-4-3-5-7-20/h3-15,17H,2,16H2,1H3,(H,26,27,28). The Hall–Kier alpha value is -3.49. The SMILES string of the molecule is CCS(=O)(=O)c1ccc(CC(=O)Nc2nc(-c3ccc(Oc4ccccc4)cc3)cs2)cc1. The number of amides is 1. The van der Waals surface area contributed by atoms with Gasteiger partial charge in [-0.15, -0.1) is 11.3 Å². The molecule has 1 amide bonds. The Morgan fingerprint density at radius 1 is 0.939 bits per heavy atom. The van der Waals surface area contributed by atoms with Gasteiger partial charge in [0.05, 0.1) is 22.8 Å². The molecule has 0 unspecified atom stereocenters. The average molecular weight is 479 g/mol. The van der Waals surface area contributed by atoms with E-state index >= 15 is 0 Å². The first-order chi connectivity index (χ1) is 15.9. The van der Waals surface area contributed by atoms with Gasteiger partial charge in [0.1, 0.15) is 11.5 Å². The van der Waals surface area contributed by atoms with Crippen molar-refractivity contribution in [3.8, 4) is 22.8 Å². The van der Waals surface area contributed by atoms with Crippen molar-refractivity contribution in [2.24, 2.45) is 0 Å². The molecule has 6 nitrogen and oxygen atoms in total. The predicted molar refractivity (Wildman–Crippen MR) is 131 cm³/mol. The lowest BCUT2D eigenvalue weighted by Crippen LogP contribution is -2.14. The Bertz CT molecular complexity index is 1330. The Balaban J connectivity index is 1.36. The van der Waals surface area contributed by atoms with Gasteiger partial charge in [0, 0.05) is 10.9 Å². The van der Waals surface area contributed by atoms with Crippen LogP contribution in [-0.2, 0) is 21.1 Å². The molecular formula is C25H22N2O4S2. The maximum atomic E-state index is 12.4. The van der Waals surface area contributed by atoms with Crippen LogP contribution in [0.4, 0.5) is 5.13 Å². The second-order valence-electron chi connectivity index (χ2n) is 7.25. The van der Waals surface area contributed by atoms with Crippen molar-refractivity contribution in [3.63, 3.8) is 0 Å². The van der Waals surface area contributed by atoms with Gasteiger partial charge in [0.25, 0.3) is 0 Å². The number of hydrogen-bond acceptors (Lipinski definition) is 6. The minimum atomic E-state index is -3.25. The van der Waals surface area contributed by atoms with E-state index in [9.17, 15) is 13.2 Å². The number of thiazole rings is 1. The van der Waals surface area contributed by atoms with Crippen molar-refractivity contribution >= 4 is 32.2 Å². The molecule has 0 spiro atoms. The van der Waals surface area contributed by atoms with Crippen LogP contribution in [0.3, 0.4) is 0 Å². The third-order valence-corrected chi connectivity index (χ3v) is 7.41. The highest BCUT2D eigenvalue weighted by Crippen LogP contribution is 2.28. The molecule has 0 atom stereocenters. The van der Waals surface area contributed by atoms with Gasteiger partial charge in [-0.3, -0.25) is 4.79 Å². The molecule has 0 bridgehead atoms. The number of sulfone groups is 1. The number of ether oxygens (including phenoxy) is 1. The molecule has 0 aliphatic heterocycles. The molecule has 33 heavy (non-hydrogen) atoms. The van der Waals surface area contributed by atoms with Crippen molar-refractivity contribution in [1.29, 1.82) is 0 Å². The number of aromatic nitrogens is 1. The molecular weight excluding hydrogens is 456 g/mol. The molecule has 1 aromatic heterocycles. The minimum Gasteiger partial charge on any atom is -0.457 e. The van der Waals surface area contributed by atoms with Crippen molar-refractivity contribution in [1.82, 2.24) is 4.98 Å². The fraction of sp³-hybridized carbons (Fsp3) is 0.120. The number of carbonyl (C=O) groups excluding carboxylic acids is 1. The molecule has 0 saturated carbocycles. The number of carbonyl (C=O) groups is 1. The lowest BCUT2D eigenvalue weighted by atomic mass is 10.1. The van der Waals surface area contributed by atoms with Crippen molar-refractivity contribution in [2.75, 3.05) is 11.1 Å². The highest BCUT2D eigenvalue weighted by Gasteiger charge is 2.13. The zero-order valence-electron chi connectivity index (χ0n) is 17.9. The first-order valence-corrected chi connectivity index (χ1v) is 12.9. The summed E-state index contributed by atoms with van der Waals surface area (Å²) in [5.41, 5.74) is 2.41. The van der Waals surface area contributed by atoms with E-state index in [4.69, 9.17) is 4.74 Å². The number of hydrogen-bond donors (Lipinski definition) is 1.